The van der Waals surface area contributed by atoms with Gasteiger partial charge in [0.05, 0.1) is 0 Å². The molecule has 17 heavy (non-hydrogen) atoms. The molecule has 1 saturated carbocycles. The summed E-state index contributed by atoms with van der Waals surface area (Å²) >= 11 is 0. The van der Waals surface area contributed by atoms with E-state index in [9.17, 15) is 0 Å². The van der Waals surface area contributed by atoms with Crippen LogP contribution in [-0.2, 0) is 0 Å². The molecule has 2 aromatic rings. The zero-order valence-electron chi connectivity index (χ0n) is 9.63. The number of pyridine rings is 1. The van der Waals surface area contributed by atoms with E-state index in [0.717, 1.165) is 11.4 Å². The van der Waals surface area contributed by atoms with Gasteiger partial charge in [0.15, 0.2) is 5.82 Å². The Bertz CT molecular complexity index is 492. The molecule has 2 aromatic heterocycles. The quantitative estimate of drug-likeness (QED) is 0.865. The highest BCUT2D eigenvalue weighted by atomic mass is 16.5. The second kappa shape index (κ2) is 4.25. The van der Waals surface area contributed by atoms with Crippen LogP contribution < -0.4 is 5.32 Å². The Morgan fingerprint density at radius 2 is 2.35 bits per heavy atom. The van der Waals surface area contributed by atoms with Gasteiger partial charge in [-0.2, -0.15) is 4.98 Å². The van der Waals surface area contributed by atoms with Crippen molar-refractivity contribution in [3.8, 4) is 0 Å². The van der Waals surface area contributed by atoms with Crippen LogP contribution in [0.25, 0.3) is 0 Å². The van der Waals surface area contributed by atoms with E-state index in [-0.39, 0.29) is 6.04 Å². The molecule has 0 bridgehead atoms. The molecular weight excluding hydrogens is 216 g/mol. The highest BCUT2D eigenvalue weighted by molar-refractivity contribution is 5.20. The van der Waals surface area contributed by atoms with Crippen molar-refractivity contribution in [1.82, 2.24) is 20.4 Å². The lowest BCUT2D eigenvalue weighted by Crippen LogP contribution is -2.18. The lowest BCUT2D eigenvalue weighted by molar-refractivity contribution is 0.350. The van der Waals surface area contributed by atoms with Crippen LogP contribution in [0.15, 0.2) is 29.0 Å². The minimum absolute atomic E-state index is 0.0799. The number of aromatic nitrogens is 3. The third kappa shape index (κ3) is 2.06. The number of hydrogen-bond donors (Lipinski definition) is 1. The Hall–Kier alpha value is -1.75. The molecule has 1 aliphatic rings. The van der Waals surface area contributed by atoms with Crippen LogP contribution >= 0.6 is 0 Å². The molecule has 1 atom stereocenters. The molecule has 0 saturated heterocycles. The maximum absolute atomic E-state index is 5.32. The number of rotatable bonds is 4. The third-order valence-electron chi connectivity index (χ3n) is 2.95. The van der Waals surface area contributed by atoms with Gasteiger partial charge in [0.1, 0.15) is 6.04 Å². The zero-order valence-corrected chi connectivity index (χ0v) is 9.63. The van der Waals surface area contributed by atoms with Gasteiger partial charge in [-0.1, -0.05) is 11.2 Å². The van der Waals surface area contributed by atoms with Crippen molar-refractivity contribution < 1.29 is 4.52 Å². The van der Waals surface area contributed by atoms with Crippen molar-refractivity contribution in [2.75, 3.05) is 7.05 Å². The fourth-order valence-electron chi connectivity index (χ4n) is 1.85. The predicted octanol–water partition coefficient (Wildman–Crippen LogP) is 1.65. The van der Waals surface area contributed by atoms with Crippen molar-refractivity contribution in [2.45, 2.75) is 24.8 Å². The summed E-state index contributed by atoms with van der Waals surface area (Å²) in [5.41, 5.74) is 1.03. The van der Waals surface area contributed by atoms with E-state index in [4.69, 9.17) is 4.52 Å². The third-order valence-corrected chi connectivity index (χ3v) is 2.95. The van der Waals surface area contributed by atoms with Crippen LogP contribution in [0.3, 0.4) is 0 Å². The fraction of sp³-hybridized carbons (Fsp3) is 0.417. The summed E-state index contributed by atoms with van der Waals surface area (Å²) in [4.78, 5) is 8.56. The van der Waals surface area contributed by atoms with E-state index in [1.807, 2.05) is 25.4 Å². The van der Waals surface area contributed by atoms with E-state index < -0.39 is 0 Å². The molecule has 1 N–H and O–H groups in total. The van der Waals surface area contributed by atoms with Crippen molar-refractivity contribution in [1.29, 1.82) is 0 Å². The fourth-order valence-corrected chi connectivity index (χ4v) is 1.85. The van der Waals surface area contributed by atoms with E-state index in [1.165, 1.54) is 12.8 Å². The van der Waals surface area contributed by atoms with E-state index in [1.54, 1.807) is 6.20 Å². The molecule has 1 aliphatic carbocycles. The van der Waals surface area contributed by atoms with Crippen LogP contribution in [0.4, 0.5) is 0 Å². The first kappa shape index (κ1) is 10.4. The summed E-state index contributed by atoms with van der Waals surface area (Å²) in [5, 5.41) is 7.20. The highest BCUT2D eigenvalue weighted by Gasteiger charge is 2.30. The van der Waals surface area contributed by atoms with Gasteiger partial charge in [0, 0.05) is 18.3 Å². The lowest BCUT2D eigenvalue weighted by atomic mass is 10.1. The van der Waals surface area contributed by atoms with Crippen LogP contribution in [-0.4, -0.2) is 22.2 Å². The average Bonchev–Trinajstić information content (AvgIpc) is 3.12. The topological polar surface area (TPSA) is 63.8 Å². The predicted molar refractivity (Wildman–Crippen MR) is 61.4 cm³/mol. The first-order valence-corrected chi connectivity index (χ1v) is 5.79. The molecule has 0 spiro atoms. The van der Waals surface area contributed by atoms with Crippen LogP contribution in [0.2, 0.25) is 0 Å². The van der Waals surface area contributed by atoms with Gasteiger partial charge in [-0.15, -0.1) is 0 Å². The molecule has 88 valence electrons. The number of nitrogens with one attached hydrogen (secondary N) is 1. The van der Waals surface area contributed by atoms with Crippen LogP contribution in [0.1, 0.15) is 42.1 Å². The first-order valence-electron chi connectivity index (χ1n) is 5.79. The highest BCUT2D eigenvalue weighted by Crippen LogP contribution is 2.38. The Kier molecular flexibility index (Phi) is 2.60. The smallest absolute Gasteiger partial charge is 0.248 e. The summed E-state index contributed by atoms with van der Waals surface area (Å²) < 4.78 is 5.32. The monoisotopic (exact) mass is 230 g/mol. The maximum atomic E-state index is 5.32. The lowest BCUT2D eigenvalue weighted by Gasteiger charge is -2.10. The SMILES string of the molecule is CN[C@@H](c1cccnc1)c1nc(C2CC2)no1. The van der Waals surface area contributed by atoms with Gasteiger partial charge in [0.2, 0.25) is 5.89 Å². The first-order chi connectivity index (χ1) is 8.38. The van der Waals surface area contributed by atoms with Gasteiger partial charge < -0.3 is 9.84 Å². The van der Waals surface area contributed by atoms with Gasteiger partial charge in [-0.25, -0.2) is 0 Å². The maximum Gasteiger partial charge on any atom is 0.248 e. The Balaban J connectivity index is 1.88. The molecular formula is C12H14N4O. The second-order valence-electron chi connectivity index (χ2n) is 4.27. The summed E-state index contributed by atoms with van der Waals surface area (Å²) in [6.07, 6.45) is 5.91. The minimum atomic E-state index is -0.0799. The van der Waals surface area contributed by atoms with Gasteiger partial charge in [-0.05, 0) is 31.5 Å². The number of nitrogens with zero attached hydrogens (tertiary/aromatic N) is 3. The van der Waals surface area contributed by atoms with Crippen molar-refractivity contribution >= 4 is 0 Å². The molecule has 0 aromatic carbocycles. The van der Waals surface area contributed by atoms with Gasteiger partial charge in [-0.3, -0.25) is 4.98 Å². The average molecular weight is 230 g/mol. The zero-order chi connectivity index (χ0) is 11.7. The second-order valence-corrected chi connectivity index (χ2v) is 4.27. The summed E-state index contributed by atoms with van der Waals surface area (Å²) in [6, 6.07) is 3.82. The summed E-state index contributed by atoms with van der Waals surface area (Å²) in [6.45, 7) is 0. The van der Waals surface area contributed by atoms with Crippen LogP contribution in [0, 0.1) is 0 Å². The molecule has 5 nitrogen and oxygen atoms in total. The normalized spacial score (nSPS) is 17.0. The standard InChI is InChI=1S/C12H14N4O/c1-13-10(9-3-2-6-14-7-9)12-15-11(16-17-12)8-4-5-8/h2-3,6-8,10,13H,4-5H2,1H3/t10-/m0/s1. The summed E-state index contributed by atoms with van der Waals surface area (Å²) in [5.74, 6) is 1.96. The molecule has 0 radical (unpaired) electrons. The van der Waals surface area contributed by atoms with Crippen molar-refractivity contribution in [3.63, 3.8) is 0 Å². The van der Waals surface area contributed by atoms with Crippen LogP contribution in [0.5, 0.6) is 0 Å². The molecule has 1 fully saturated rings. The molecule has 0 amide bonds. The Morgan fingerprint density at radius 3 is 3.00 bits per heavy atom. The molecule has 5 heteroatoms. The summed E-state index contributed by atoms with van der Waals surface area (Å²) in [7, 11) is 1.87. The molecule has 0 aliphatic heterocycles. The van der Waals surface area contributed by atoms with E-state index in [0.29, 0.717) is 11.8 Å². The van der Waals surface area contributed by atoms with E-state index >= 15 is 0 Å². The van der Waals surface area contributed by atoms with Gasteiger partial charge >= 0.3 is 0 Å². The number of hydrogen-bond acceptors (Lipinski definition) is 5. The Labute approximate surface area is 99.3 Å². The largest absolute Gasteiger partial charge is 0.337 e. The molecule has 2 heterocycles. The molecule has 0 unspecified atom stereocenters. The Morgan fingerprint density at radius 1 is 1.47 bits per heavy atom. The van der Waals surface area contributed by atoms with Gasteiger partial charge in [0.25, 0.3) is 0 Å². The molecule has 3 rings (SSSR count). The van der Waals surface area contributed by atoms with E-state index in [2.05, 4.69) is 20.4 Å². The minimum Gasteiger partial charge on any atom is -0.337 e. The van der Waals surface area contributed by atoms with Crippen molar-refractivity contribution in [2.24, 2.45) is 0 Å². The van der Waals surface area contributed by atoms with Crippen molar-refractivity contribution in [3.05, 3.63) is 41.8 Å².